The van der Waals surface area contributed by atoms with Gasteiger partial charge in [-0.05, 0) is 43.0 Å². The van der Waals surface area contributed by atoms with Crippen molar-refractivity contribution in [2.45, 2.75) is 25.7 Å². The summed E-state index contributed by atoms with van der Waals surface area (Å²) in [5.74, 6) is 0.638. The first-order valence-electron chi connectivity index (χ1n) is 6.29. The highest BCUT2D eigenvalue weighted by Crippen LogP contribution is 2.34. The number of benzene rings is 1. The maximum atomic E-state index is 12.3. The molecular formula is C14H17Cl2NO. The van der Waals surface area contributed by atoms with Crippen LogP contribution in [0.25, 0.3) is 0 Å². The molecule has 0 aliphatic heterocycles. The van der Waals surface area contributed by atoms with Gasteiger partial charge in [0.15, 0.2) is 0 Å². The molecule has 0 bridgehead atoms. The van der Waals surface area contributed by atoms with Crippen molar-refractivity contribution < 1.29 is 4.79 Å². The Balaban J connectivity index is 2.12. The van der Waals surface area contributed by atoms with Crippen LogP contribution in [0.1, 0.15) is 24.8 Å². The van der Waals surface area contributed by atoms with E-state index >= 15 is 0 Å². The Morgan fingerprint density at radius 1 is 1.28 bits per heavy atom. The van der Waals surface area contributed by atoms with Gasteiger partial charge in [0.2, 0.25) is 0 Å². The van der Waals surface area contributed by atoms with Crippen LogP contribution < -0.4 is 5.73 Å². The van der Waals surface area contributed by atoms with Crippen LogP contribution in [0.4, 0.5) is 0 Å². The predicted octanol–water partition coefficient (Wildman–Crippen LogP) is 3.48. The molecule has 2 unspecified atom stereocenters. The van der Waals surface area contributed by atoms with Crippen molar-refractivity contribution >= 4 is 29.0 Å². The summed E-state index contributed by atoms with van der Waals surface area (Å²) in [4.78, 5) is 12.3. The van der Waals surface area contributed by atoms with Gasteiger partial charge in [-0.25, -0.2) is 0 Å². The van der Waals surface area contributed by atoms with Crippen molar-refractivity contribution in [3.8, 4) is 0 Å². The molecule has 18 heavy (non-hydrogen) atoms. The van der Waals surface area contributed by atoms with Crippen LogP contribution in [-0.2, 0) is 11.2 Å². The number of Topliss-reactive ketones (excluding diaryl/α,β-unsaturated/α-hetero) is 1. The van der Waals surface area contributed by atoms with Gasteiger partial charge in [0, 0.05) is 22.4 Å². The van der Waals surface area contributed by atoms with Crippen LogP contribution >= 0.6 is 23.2 Å². The van der Waals surface area contributed by atoms with Gasteiger partial charge < -0.3 is 5.73 Å². The van der Waals surface area contributed by atoms with Crippen molar-refractivity contribution in [2.24, 2.45) is 17.6 Å². The third-order valence-corrected chi connectivity index (χ3v) is 4.50. The summed E-state index contributed by atoms with van der Waals surface area (Å²) in [5.41, 5.74) is 6.45. The molecule has 2 N–H and O–H groups in total. The number of hydrogen-bond donors (Lipinski definition) is 1. The van der Waals surface area contributed by atoms with Crippen molar-refractivity contribution in [3.63, 3.8) is 0 Å². The third-order valence-electron chi connectivity index (χ3n) is 3.79. The molecule has 0 saturated heterocycles. The summed E-state index contributed by atoms with van der Waals surface area (Å²) in [5, 5.41) is 1.14. The number of nitrogens with two attached hydrogens (primary N) is 1. The van der Waals surface area contributed by atoms with Crippen LogP contribution in [0.15, 0.2) is 18.2 Å². The number of hydrogen-bond acceptors (Lipinski definition) is 2. The summed E-state index contributed by atoms with van der Waals surface area (Å²) in [6, 6.07) is 5.33. The molecule has 1 aromatic carbocycles. The Morgan fingerprint density at radius 2 is 1.94 bits per heavy atom. The molecule has 0 spiro atoms. The second kappa shape index (κ2) is 6.05. The number of carbonyl (C=O) groups excluding carboxylic acids is 1. The lowest BCUT2D eigenvalue weighted by Crippen LogP contribution is -2.26. The lowest BCUT2D eigenvalue weighted by Gasteiger charge is -2.17. The molecule has 4 heteroatoms. The van der Waals surface area contributed by atoms with Crippen LogP contribution in [-0.4, -0.2) is 12.3 Å². The second-order valence-corrected chi connectivity index (χ2v) is 5.69. The quantitative estimate of drug-likeness (QED) is 0.920. The van der Waals surface area contributed by atoms with Crippen LogP contribution in [0.5, 0.6) is 0 Å². The fourth-order valence-electron chi connectivity index (χ4n) is 2.75. The summed E-state index contributed by atoms with van der Waals surface area (Å²) < 4.78 is 0. The van der Waals surface area contributed by atoms with Gasteiger partial charge in [-0.1, -0.05) is 35.7 Å². The molecule has 1 saturated carbocycles. The Hall–Kier alpha value is -0.570. The molecule has 0 amide bonds. The Kier molecular flexibility index (Phi) is 4.66. The zero-order valence-corrected chi connectivity index (χ0v) is 11.7. The van der Waals surface area contributed by atoms with E-state index in [-0.39, 0.29) is 11.7 Å². The van der Waals surface area contributed by atoms with E-state index in [4.69, 9.17) is 28.9 Å². The maximum Gasteiger partial charge on any atom is 0.140 e. The first kappa shape index (κ1) is 13.9. The summed E-state index contributed by atoms with van der Waals surface area (Å²) in [7, 11) is 0. The van der Waals surface area contributed by atoms with E-state index in [1.807, 2.05) is 0 Å². The second-order valence-electron chi connectivity index (χ2n) is 4.88. The molecule has 0 radical (unpaired) electrons. The number of rotatable bonds is 4. The van der Waals surface area contributed by atoms with Gasteiger partial charge in [-0.3, -0.25) is 4.79 Å². The normalized spacial score (nSPS) is 23.3. The minimum absolute atomic E-state index is 0.0855. The molecule has 1 fully saturated rings. The summed E-state index contributed by atoms with van der Waals surface area (Å²) in [6.07, 6.45) is 3.42. The number of halogens is 2. The van der Waals surface area contributed by atoms with Gasteiger partial charge >= 0.3 is 0 Å². The van der Waals surface area contributed by atoms with Gasteiger partial charge in [-0.15, -0.1) is 0 Å². The molecule has 2 nitrogen and oxygen atoms in total. The van der Waals surface area contributed by atoms with Crippen LogP contribution in [0.2, 0.25) is 10.0 Å². The number of ketones is 1. The Morgan fingerprint density at radius 3 is 2.56 bits per heavy atom. The van der Waals surface area contributed by atoms with Crippen molar-refractivity contribution in [3.05, 3.63) is 33.8 Å². The van der Waals surface area contributed by atoms with Gasteiger partial charge in [-0.2, -0.15) is 0 Å². The van der Waals surface area contributed by atoms with E-state index in [0.717, 1.165) is 24.8 Å². The third kappa shape index (κ3) is 2.87. The molecule has 98 valence electrons. The van der Waals surface area contributed by atoms with E-state index < -0.39 is 0 Å². The zero-order valence-electron chi connectivity index (χ0n) is 10.2. The lowest BCUT2D eigenvalue weighted by molar-refractivity contribution is -0.123. The largest absolute Gasteiger partial charge is 0.330 e. The standard InChI is InChI=1S/C14H17Cl2NO/c15-12-5-2-6-13(16)11(12)7-14(18)10-4-1-3-9(10)8-17/h2,5-6,9-10H,1,3-4,7-8,17H2. The van der Waals surface area contributed by atoms with Gasteiger partial charge in [0.05, 0.1) is 0 Å². The maximum absolute atomic E-state index is 12.3. The average molecular weight is 286 g/mol. The molecular weight excluding hydrogens is 269 g/mol. The molecule has 1 aromatic rings. The highest BCUT2D eigenvalue weighted by molar-refractivity contribution is 6.36. The molecule has 1 aliphatic carbocycles. The monoisotopic (exact) mass is 285 g/mol. The molecule has 1 aliphatic rings. The van der Waals surface area contributed by atoms with E-state index in [1.165, 1.54) is 0 Å². The first-order valence-corrected chi connectivity index (χ1v) is 7.04. The van der Waals surface area contributed by atoms with E-state index in [0.29, 0.717) is 28.9 Å². The van der Waals surface area contributed by atoms with Crippen molar-refractivity contribution in [1.29, 1.82) is 0 Å². The smallest absolute Gasteiger partial charge is 0.140 e. The molecule has 2 atom stereocenters. The van der Waals surface area contributed by atoms with E-state index in [9.17, 15) is 4.79 Å². The summed E-state index contributed by atoms with van der Waals surface area (Å²) >= 11 is 12.2. The number of carbonyl (C=O) groups is 1. The fourth-order valence-corrected chi connectivity index (χ4v) is 3.28. The molecule has 0 heterocycles. The van der Waals surface area contributed by atoms with Crippen molar-refractivity contribution in [2.75, 3.05) is 6.54 Å². The average Bonchev–Trinajstić information content (AvgIpc) is 2.82. The Bertz CT molecular complexity index is 427. The fraction of sp³-hybridized carbons (Fsp3) is 0.500. The highest BCUT2D eigenvalue weighted by atomic mass is 35.5. The molecule has 0 aromatic heterocycles. The lowest BCUT2D eigenvalue weighted by atomic mass is 9.89. The zero-order chi connectivity index (χ0) is 13.1. The summed E-state index contributed by atoms with van der Waals surface area (Å²) in [6.45, 7) is 0.590. The van der Waals surface area contributed by atoms with Crippen LogP contribution in [0, 0.1) is 11.8 Å². The van der Waals surface area contributed by atoms with E-state index in [2.05, 4.69) is 0 Å². The minimum Gasteiger partial charge on any atom is -0.330 e. The SMILES string of the molecule is NCC1CCCC1C(=O)Cc1c(Cl)cccc1Cl. The highest BCUT2D eigenvalue weighted by Gasteiger charge is 2.32. The topological polar surface area (TPSA) is 43.1 Å². The van der Waals surface area contributed by atoms with Crippen LogP contribution in [0.3, 0.4) is 0 Å². The van der Waals surface area contributed by atoms with Crippen molar-refractivity contribution in [1.82, 2.24) is 0 Å². The Labute approximate surface area is 117 Å². The minimum atomic E-state index is 0.0855. The van der Waals surface area contributed by atoms with E-state index in [1.54, 1.807) is 18.2 Å². The predicted molar refractivity (Wildman–Crippen MR) is 75.1 cm³/mol. The van der Waals surface area contributed by atoms with Gasteiger partial charge in [0.25, 0.3) is 0 Å². The molecule has 2 rings (SSSR count). The first-order chi connectivity index (χ1) is 8.63. The van der Waals surface area contributed by atoms with Gasteiger partial charge in [0.1, 0.15) is 5.78 Å².